The Morgan fingerprint density at radius 1 is 1.19 bits per heavy atom. The molecule has 0 unspecified atom stereocenters. The molecule has 0 saturated carbocycles. The predicted octanol–water partition coefficient (Wildman–Crippen LogP) is 4.51. The van der Waals surface area contributed by atoms with Crippen LogP contribution in [0.4, 0.5) is 8.78 Å². The lowest BCUT2D eigenvalue weighted by molar-refractivity contribution is 0.0991. The summed E-state index contributed by atoms with van der Waals surface area (Å²) in [6.45, 7) is 2.22. The summed E-state index contributed by atoms with van der Waals surface area (Å²) in [5, 5.41) is 0.958. The van der Waals surface area contributed by atoms with Crippen LogP contribution >= 0.6 is 11.3 Å². The van der Waals surface area contributed by atoms with Gasteiger partial charge in [0.15, 0.2) is 11.6 Å². The van der Waals surface area contributed by atoms with Gasteiger partial charge in [0.2, 0.25) is 0 Å². The fourth-order valence-corrected chi connectivity index (χ4v) is 3.62. The first-order chi connectivity index (χ1) is 13.0. The number of thiazole rings is 1. The van der Waals surface area contributed by atoms with Gasteiger partial charge >= 0.3 is 0 Å². The Morgan fingerprint density at radius 2 is 1.93 bits per heavy atom. The van der Waals surface area contributed by atoms with Crippen LogP contribution in [-0.4, -0.2) is 17.5 Å². The number of halogens is 2. The average molecular weight is 388 g/mol. The molecule has 1 aromatic heterocycles. The van der Waals surface area contributed by atoms with Gasteiger partial charge in [0.05, 0.1) is 12.3 Å². The number of hydrogen-bond acceptors (Lipinski definition) is 4. The fraction of sp³-hybridized carbons (Fsp3) is 0.200. The number of carbonyl (C=O) groups excluding carboxylic acids is 1. The van der Waals surface area contributed by atoms with E-state index >= 15 is 0 Å². The van der Waals surface area contributed by atoms with Crippen LogP contribution in [0, 0.1) is 18.6 Å². The molecule has 3 rings (SSSR count). The molecule has 0 fully saturated rings. The highest BCUT2D eigenvalue weighted by molar-refractivity contribution is 7.15. The van der Waals surface area contributed by atoms with E-state index in [9.17, 15) is 13.6 Å². The van der Waals surface area contributed by atoms with Gasteiger partial charge in [-0.2, -0.15) is 0 Å². The van der Waals surface area contributed by atoms with Crippen LogP contribution in [0.3, 0.4) is 0 Å². The zero-order valence-electron chi connectivity index (χ0n) is 14.7. The summed E-state index contributed by atoms with van der Waals surface area (Å²) in [7, 11) is 0. The Balaban J connectivity index is 1.61. The minimum atomic E-state index is -1.16. The molecule has 0 aliphatic rings. The van der Waals surface area contributed by atoms with Gasteiger partial charge in [-0.05, 0) is 31.9 Å². The van der Waals surface area contributed by atoms with Crippen LogP contribution in [0.15, 0.2) is 42.5 Å². The molecule has 7 heteroatoms. The van der Waals surface area contributed by atoms with E-state index in [1.54, 1.807) is 11.3 Å². The lowest BCUT2D eigenvalue weighted by Gasteiger charge is -2.09. The van der Waals surface area contributed by atoms with Crippen molar-refractivity contribution in [2.45, 2.75) is 19.8 Å². The van der Waals surface area contributed by atoms with Crippen LogP contribution in [0.1, 0.15) is 27.3 Å². The zero-order chi connectivity index (χ0) is 19.4. The molecular formula is C20H18F2N2O2S. The Labute approximate surface area is 159 Å². The molecular weight excluding hydrogens is 370 g/mol. The molecule has 140 valence electrons. The van der Waals surface area contributed by atoms with E-state index in [1.165, 1.54) is 0 Å². The van der Waals surface area contributed by atoms with Crippen molar-refractivity contribution in [2.24, 2.45) is 5.73 Å². The molecule has 1 amide bonds. The maximum absolute atomic E-state index is 14.1. The van der Waals surface area contributed by atoms with E-state index in [0.717, 1.165) is 33.3 Å². The summed E-state index contributed by atoms with van der Waals surface area (Å²) in [6, 6.07) is 12.0. The van der Waals surface area contributed by atoms with Gasteiger partial charge in [0.25, 0.3) is 5.91 Å². The molecule has 0 spiro atoms. The van der Waals surface area contributed by atoms with Gasteiger partial charge < -0.3 is 10.5 Å². The van der Waals surface area contributed by atoms with E-state index in [1.807, 2.05) is 37.3 Å². The van der Waals surface area contributed by atoms with Gasteiger partial charge in [-0.3, -0.25) is 4.79 Å². The monoisotopic (exact) mass is 388 g/mol. The predicted molar refractivity (Wildman–Crippen MR) is 101 cm³/mol. The van der Waals surface area contributed by atoms with Crippen molar-refractivity contribution >= 4 is 17.2 Å². The van der Waals surface area contributed by atoms with Gasteiger partial charge in [-0.15, -0.1) is 11.3 Å². The SMILES string of the molecule is Cc1sc(-c2ccccc2)nc1CCCOc1ccc(F)c(C(N)=O)c1F. The maximum Gasteiger partial charge on any atom is 0.254 e. The van der Waals surface area contributed by atoms with Crippen LogP contribution in [0.2, 0.25) is 0 Å². The van der Waals surface area contributed by atoms with E-state index in [-0.39, 0.29) is 12.4 Å². The summed E-state index contributed by atoms with van der Waals surface area (Å²) >= 11 is 1.63. The number of ether oxygens (including phenoxy) is 1. The first-order valence-electron chi connectivity index (χ1n) is 8.39. The second-order valence-electron chi connectivity index (χ2n) is 5.94. The molecule has 0 atom stereocenters. The Morgan fingerprint density at radius 3 is 2.63 bits per heavy atom. The molecule has 4 nitrogen and oxygen atoms in total. The molecule has 0 radical (unpaired) electrons. The lowest BCUT2D eigenvalue weighted by Crippen LogP contribution is -2.16. The number of carbonyl (C=O) groups is 1. The summed E-state index contributed by atoms with van der Waals surface area (Å²) in [5.74, 6) is -3.43. The Hall–Kier alpha value is -2.80. The zero-order valence-corrected chi connectivity index (χ0v) is 15.5. The number of amides is 1. The number of nitrogens with two attached hydrogens (primary N) is 1. The standard InChI is InChI=1S/C20H18F2N2O2S/c1-12-15(24-20(27-12)13-6-3-2-4-7-13)8-5-11-26-16-10-9-14(21)17(18(16)22)19(23)25/h2-4,6-7,9-10H,5,8,11H2,1H3,(H2,23,25). The van der Waals surface area contributed by atoms with Crippen LogP contribution in [0.25, 0.3) is 10.6 Å². The van der Waals surface area contributed by atoms with Gasteiger partial charge in [-0.1, -0.05) is 30.3 Å². The average Bonchev–Trinajstić information content (AvgIpc) is 3.01. The molecule has 3 aromatic rings. The smallest absolute Gasteiger partial charge is 0.254 e. The van der Waals surface area contributed by atoms with Crippen molar-refractivity contribution in [3.63, 3.8) is 0 Å². The van der Waals surface area contributed by atoms with Crippen molar-refractivity contribution in [2.75, 3.05) is 6.61 Å². The highest BCUT2D eigenvalue weighted by Crippen LogP contribution is 2.28. The molecule has 27 heavy (non-hydrogen) atoms. The number of rotatable bonds is 7. The molecule has 0 aliphatic heterocycles. The third-order valence-electron chi connectivity index (χ3n) is 4.03. The normalized spacial score (nSPS) is 10.8. The quantitative estimate of drug-likeness (QED) is 0.606. The molecule has 0 aliphatic carbocycles. The first-order valence-corrected chi connectivity index (χ1v) is 9.21. The van der Waals surface area contributed by atoms with Crippen molar-refractivity contribution < 1.29 is 18.3 Å². The largest absolute Gasteiger partial charge is 0.490 e. The highest BCUT2D eigenvalue weighted by Gasteiger charge is 2.19. The van der Waals surface area contributed by atoms with Gasteiger partial charge in [0.1, 0.15) is 16.4 Å². The van der Waals surface area contributed by atoms with E-state index < -0.39 is 23.1 Å². The summed E-state index contributed by atoms with van der Waals surface area (Å²) in [5.41, 5.74) is 6.26. The Bertz CT molecular complexity index is 958. The van der Waals surface area contributed by atoms with E-state index in [4.69, 9.17) is 10.5 Å². The fourth-order valence-electron chi connectivity index (χ4n) is 2.66. The van der Waals surface area contributed by atoms with Crippen LogP contribution in [-0.2, 0) is 6.42 Å². The van der Waals surface area contributed by atoms with Gasteiger partial charge in [-0.25, -0.2) is 13.8 Å². The lowest BCUT2D eigenvalue weighted by atomic mass is 10.1. The topological polar surface area (TPSA) is 65.2 Å². The summed E-state index contributed by atoms with van der Waals surface area (Å²) in [4.78, 5) is 16.9. The number of hydrogen-bond donors (Lipinski definition) is 1. The molecule has 2 aromatic carbocycles. The summed E-state index contributed by atoms with van der Waals surface area (Å²) in [6.07, 6.45) is 1.27. The molecule has 2 N–H and O–H groups in total. The number of aryl methyl sites for hydroxylation is 2. The van der Waals surface area contributed by atoms with Crippen molar-refractivity contribution in [1.29, 1.82) is 0 Å². The number of primary amides is 1. The van der Waals surface area contributed by atoms with Gasteiger partial charge in [0, 0.05) is 10.4 Å². The third-order valence-corrected chi connectivity index (χ3v) is 5.09. The first kappa shape index (κ1) is 19.0. The molecule has 1 heterocycles. The van der Waals surface area contributed by atoms with E-state index in [0.29, 0.717) is 12.8 Å². The van der Waals surface area contributed by atoms with Crippen LogP contribution < -0.4 is 10.5 Å². The molecule has 0 saturated heterocycles. The van der Waals surface area contributed by atoms with Crippen molar-refractivity contribution in [1.82, 2.24) is 4.98 Å². The number of benzene rings is 2. The second-order valence-corrected chi connectivity index (χ2v) is 7.14. The minimum absolute atomic E-state index is 0.190. The van der Waals surface area contributed by atoms with Crippen molar-refractivity contribution in [3.05, 3.63) is 70.2 Å². The number of nitrogens with zero attached hydrogens (tertiary/aromatic N) is 1. The minimum Gasteiger partial charge on any atom is -0.490 e. The second kappa shape index (κ2) is 8.26. The van der Waals surface area contributed by atoms with Crippen LogP contribution in [0.5, 0.6) is 5.75 Å². The van der Waals surface area contributed by atoms with E-state index in [2.05, 4.69) is 4.98 Å². The highest BCUT2D eigenvalue weighted by atomic mass is 32.1. The maximum atomic E-state index is 14.1. The van der Waals surface area contributed by atoms with Crippen molar-refractivity contribution in [3.8, 4) is 16.3 Å². The summed E-state index contributed by atoms with van der Waals surface area (Å²) < 4.78 is 32.9. The third kappa shape index (κ3) is 4.31. The number of aromatic nitrogens is 1. The Kier molecular flexibility index (Phi) is 5.81. The molecule has 0 bridgehead atoms.